The Labute approximate surface area is 115 Å². The fraction of sp³-hybridized carbons (Fsp3) is 0.143. The van der Waals surface area contributed by atoms with Crippen molar-refractivity contribution in [2.75, 3.05) is 7.11 Å². The first-order valence-corrected chi connectivity index (χ1v) is 6.00. The van der Waals surface area contributed by atoms with Crippen molar-refractivity contribution in [3.05, 3.63) is 59.0 Å². The SMILES string of the molecule is CO/N=C(\CC(=O)c1ccoc1)c1ccc(Cl)cc1. The number of halogens is 1. The van der Waals surface area contributed by atoms with Crippen LogP contribution < -0.4 is 0 Å². The van der Waals surface area contributed by atoms with Crippen molar-refractivity contribution in [3.63, 3.8) is 0 Å². The van der Waals surface area contributed by atoms with Gasteiger partial charge in [0.1, 0.15) is 13.4 Å². The summed E-state index contributed by atoms with van der Waals surface area (Å²) in [4.78, 5) is 16.8. The molecule has 2 aromatic rings. The van der Waals surface area contributed by atoms with Crippen molar-refractivity contribution < 1.29 is 14.0 Å². The van der Waals surface area contributed by atoms with E-state index in [1.54, 1.807) is 30.3 Å². The van der Waals surface area contributed by atoms with Crippen LogP contribution in [0.5, 0.6) is 0 Å². The summed E-state index contributed by atoms with van der Waals surface area (Å²) in [6.45, 7) is 0. The topological polar surface area (TPSA) is 51.8 Å². The van der Waals surface area contributed by atoms with Crippen molar-refractivity contribution in [2.45, 2.75) is 6.42 Å². The van der Waals surface area contributed by atoms with Gasteiger partial charge in [-0.05, 0) is 23.8 Å². The third kappa shape index (κ3) is 3.45. The number of carbonyl (C=O) groups is 1. The monoisotopic (exact) mass is 277 g/mol. The number of benzene rings is 1. The van der Waals surface area contributed by atoms with Crippen LogP contribution in [0.3, 0.4) is 0 Å². The smallest absolute Gasteiger partial charge is 0.172 e. The minimum absolute atomic E-state index is 0.0838. The highest BCUT2D eigenvalue weighted by molar-refractivity contribution is 6.30. The zero-order valence-electron chi connectivity index (χ0n) is 10.3. The van der Waals surface area contributed by atoms with E-state index in [4.69, 9.17) is 20.9 Å². The number of oxime groups is 1. The van der Waals surface area contributed by atoms with Gasteiger partial charge >= 0.3 is 0 Å². The summed E-state index contributed by atoms with van der Waals surface area (Å²) in [5, 5.41) is 4.52. The molecule has 1 heterocycles. The molecule has 0 unspecified atom stereocenters. The molecule has 0 aliphatic heterocycles. The molecule has 0 N–H and O–H groups in total. The van der Waals surface area contributed by atoms with Crippen LogP contribution in [-0.2, 0) is 4.84 Å². The molecule has 1 aromatic heterocycles. The highest BCUT2D eigenvalue weighted by Gasteiger charge is 2.13. The van der Waals surface area contributed by atoms with Gasteiger partial charge in [0.2, 0.25) is 0 Å². The molecule has 0 amide bonds. The van der Waals surface area contributed by atoms with Crippen LogP contribution in [0.2, 0.25) is 5.02 Å². The Morgan fingerprint density at radius 2 is 2.00 bits per heavy atom. The lowest BCUT2D eigenvalue weighted by atomic mass is 10.0. The van der Waals surface area contributed by atoms with Crippen LogP contribution in [0, 0.1) is 0 Å². The Kier molecular flexibility index (Phi) is 4.36. The highest BCUT2D eigenvalue weighted by atomic mass is 35.5. The molecule has 0 spiro atoms. The van der Waals surface area contributed by atoms with Gasteiger partial charge in [-0.15, -0.1) is 0 Å². The van der Waals surface area contributed by atoms with Gasteiger partial charge < -0.3 is 9.25 Å². The zero-order valence-corrected chi connectivity index (χ0v) is 11.1. The number of carbonyl (C=O) groups excluding carboxylic acids is 1. The molecule has 4 nitrogen and oxygen atoms in total. The molecule has 0 bridgehead atoms. The fourth-order valence-electron chi connectivity index (χ4n) is 1.62. The molecule has 0 atom stereocenters. The maximum Gasteiger partial charge on any atom is 0.172 e. The van der Waals surface area contributed by atoms with Gasteiger partial charge in [-0.1, -0.05) is 28.9 Å². The van der Waals surface area contributed by atoms with Crippen molar-refractivity contribution >= 4 is 23.1 Å². The molecule has 0 aliphatic rings. The number of ketones is 1. The van der Waals surface area contributed by atoms with Crippen molar-refractivity contribution in [2.24, 2.45) is 5.16 Å². The van der Waals surface area contributed by atoms with Crippen molar-refractivity contribution in [1.82, 2.24) is 0 Å². The molecule has 0 saturated carbocycles. The summed E-state index contributed by atoms with van der Waals surface area (Å²) in [6, 6.07) is 8.69. The second-order valence-corrected chi connectivity index (χ2v) is 4.28. The summed E-state index contributed by atoms with van der Waals surface area (Å²) in [5.41, 5.74) is 1.85. The van der Waals surface area contributed by atoms with Gasteiger partial charge in [0.05, 0.1) is 24.0 Å². The van der Waals surface area contributed by atoms with Gasteiger partial charge in [0.15, 0.2) is 5.78 Å². The summed E-state index contributed by atoms with van der Waals surface area (Å²) in [7, 11) is 1.44. The summed E-state index contributed by atoms with van der Waals surface area (Å²) in [5.74, 6) is -0.0838. The van der Waals surface area contributed by atoms with Crippen molar-refractivity contribution in [1.29, 1.82) is 0 Å². The van der Waals surface area contributed by atoms with E-state index in [-0.39, 0.29) is 12.2 Å². The molecular weight excluding hydrogens is 266 g/mol. The first kappa shape index (κ1) is 13.4. The van der Waals surface area contributed by atoms with E-state index in [2.05, 4.69) is 5.16 Å². The molecule has 1 aromatic carbocycles. The lowest BCUT2D eigenvalue weighted by Crippen LogP contribution is -2.09. The van der Waals surface area contributed by atoms with E-state index in [1.807, 2.05) is 0 Å². The standard InChI is InChI=1S/C14H12ClNO3/c1-18-16-13(10-2-4-12(15)5-3-10)8-14(17)11-6-7-19-9-11/h2-7,9H,8H2,1H3/b16-13+. The van der Waals surface area contributed by atoms with E-state index < -0.39 is 0 Å². The molecule has 19 heavy (non-hydrogen) atoms. The van der Waals surface area contributed by atoms with Crippen LogP contribution in [0.15, 0.2) is 52.4 Å². The van der Waals surface area contributed by atoms with E-state index >= 15 is 0 Å². The Balaban J connectivity index is 2.20. The van der Waals surface area contributed by atoms with Crippen LogP contribution >= 0.6 is 11.6 Å². The molecule has 2 rings (SSSR count). The van der Waals surface area contributed by atoms with Crippen LogP contribution in [-0.4, -0.2) is 18.6 Å². The minimum atomic E-state index is -0.0838. The van der Waals surface area contributed by atoms with Crippen LogP contribution in [0.4, 0.5) is 0 Å². The second kappa shape index (κ2) is 6.20. The molecule has 0 aliphatic carbocycles. The van der Waals surface area contributed by atoms with E-state index in [0.29, 0.717) is 16.3 Å². The van der Waals surface area contributed by atoms with Gasteiger partial charge in [-0.25, -0.2) is 0 Å². The Hall–Kier alpha value is -2.07. The van der Waals surface area contributed by atoms with Crippen LogP contribution in [0.1, 0.15) is 22.3 Å². The van der Waals surface area contributed by atoms with Crippen LogP contribution in [0.25, 0.3) is 0 Å². The molecule has 98 valence electrons. The van der Waals surface area contributed by atoms with E-state index in [0.717, 1.165) is 5.56 Å². The Morgan fingerprint density at radius 1 is 1.26 bits per heavy atom. The largest absolute Gasteiger partial charge is 0.472 e. The lowest BCUT2D eigenvalue weighted by Gasteiger charge is -2.04. The minimum Gasteiger partial charge on any atom is -0.472 e. The van der Waals surface area contributed by atoms with Gasteiger partial charge in [0, 0.05) is 5.02 Å². The highest BCUT2D eigenvalue weighted by Crippen LogP contribution is 2.14. The third-order valence-electron chi connectivity index (χ3n) is 2.55. The van der Waals surface area contributed by atoms with E-state index in [9.17, 15) is 4.79 Å². The van der Waals surface area contributed by atoms with E-state index in [1.165, 1.54) is 19.6 Å². The Bertz CT molecular complexity index is 573. The number of hydrogen-bond donors (Lipinski definition) is 0. The summed E-state index contributed by atoms with van der Waals surface area (Å²) >= 11 is 5.83. The van der Waals surface area contributed by atoms with Crippen molar-refractivity contribution in [3.8, 4) is 0 Å². The quantitative estimate of drug-likeness (QED) is 0.477. The number of furan rings is 1. The van der Waals surface area contributed by atoms with Gasteiger partial charge in [-0.3, -0.25) is 4.79 Å². The summed E-state index contributed by atoms with van der Waals surface area (Å²) in [6.07, 6.45) is 3.01. The number of Topliss-reactive ketones (excluding diaryl/α,β-unsaturated/α-hetero) is 1. The lowest BCUT2D eigenvalue weighted by molar-refractivity contribution is 0.0998. The average Bonchev–Trinajstić information content (AvgIpc) is 2.93. The molecule has 0 fully saturated rings. The second-order valence-electron chi connectivity index (χ2n) is 3.84. The predicted molar refractivity (Wildman–Crippen MR) is 72.7 cm³/mol. The van der Waals surface area contributed by atoms with Gasteiger partial charge in [-0.2, -0.15) is 0 Å². The first-order valence-electron chi connectivity index (χ1n) is 5.62. The summed E-state index contributed by atoms with van der Waals surface area (Å²) < 4.78 is 4.89. The normalized spacial score (nSPS) is 11.4. The number of rotatable bonds is 5. The maximum absolute atomic E-state index is 12.0. The predicted octanol–water partition coefficient (Wildman–Crippen LogP) is 3.56. The number of hydrogen-bond acceptors (Lipinski definition) is 4. The first-order chi connectivity index (χ1) is 9.20. The van der Waals surface area contributed by atoms with Gasteiger partial charge in [0.25, 0.3) is 0 Å². The fourth-order valence-corrected chi connectivity index (χ4v) is 1.74. The molecule has 0 radical (unpaired) electrons. The average molecular weight is 278 g/mol. The molecule has 0 saturated heterocycles. The molecular formula is C14H12ClNO3. The Morgan fingerprint density at radius 3 is 2.58 bits per heavy atom. The number of nitrogens with zero attached hydrogens (tertiary/aromatic N) is 1. The molecule has 5 heteroatoms. The maximum atomic E-state index is 12.0. The third-order valence-corrected chi connectivity index (χ3v) is 2.80. The zero-order chi connectivity index (χ0) is 13.7.